The van der Waals surface area contributed by atoms with E-state index >= 15 is 0 Å². The number of rotatable bonds is 4. The van der Waals surface area contributed by atoms with E-state index in [1.807, 2.05) is 0 Å². The first kappa shape index (κ1) is 14.2. The summed E-state index contributed by atoms with van der Waals surface area (Å²) >= 11 is 0. The molecule has 1 aliphatic rings. The molecule has 6 nitrogen and oxygen atoms in total. The Kier molecular flexibility index (Phi) is 4.49. The normalized spacial score (nSPS) is 22.1. The van der Waals surface area contributed by atoms with Gasteiger partial charge >= 0.3 is 5.97 Å². The van der Waals surface area contributed by atoms with Crippen molar-refractivity contribution in [2.45, 2.75) is 6.04 Å². The zero-order chi connectivity index (χ0) is 14.5. The van der Waals surface area contributed by atoms with Gasteiger partial charge in [-0.3, -0.25) is 4.79 Å². The van der Waals surface area contributed by atoms with Crippen LogP contribution in [0.15, 0.2) is 30.3 Å². The van der Waals surface area contributed by atoms with E-state index in [1.54, 1.807) is 24.3 Å². The fraction of sp³-hybridized carbons (Fsp3) is 0.286. The molecule has 1 heterocycles. The SMILES string of the molecule is NC1COCC1C(=O)Nc1cccc(/C=C/C(=O)O)c1. The van der Waals surface area contributed by atoms with Crippen molar-refractivity contribution in [3.8, 4) is 0 Å². The summed E-state index contributed by atoms with van der Waals surface area (Å²) in [6.07, 6.45) is 2.50. The molecule has 2 rings (SSSR count). The van der Waals surface area contributed by atoms with Gasteiger partial charge in [0.15, 0.2) is 0 Å². The Labute approximate surface area is 116 Å². The van der Waals surface area contributed by atoms with E-state index in [0.717, 1.165) is 6.08 Å². The van der Waals surface area contributed by atoms with Gasteiger partial charge in [-0.15, -0.1) is 0 Å². The molecule has 6 heteroatoms. The molecule has 0 spiro atoms. The van der Waals surface area contributed by atoms with E-state index in [-0.39, 0.29) is 17.9 Å². The summed E-state index contributed by atoms with van der Waals surface area (Å²) in [6.45, 7) is 0.713. The van der Waals surface area contributed by atoms with E-state index in [1.165, 1.54) is 6.08 Å². The summed E-state index contributed by atoms with van der Waals surface area (Å²) in [5.41, 5.74) is 7.07. The number of nitrogens with two attached hydrogens (primary N) is 1. The monoisotopic (exact) mass is 276 g/mol. The molecule has 0 bridgehead atoms. The number of amides is 1. The number of ether oxygens (including phenoxy) is 1. The van der Waals surface area contributed by atoms with Crippen LogP contribution in [-0.2, 0) is 14.3 Å². The van der Waals surface area contributed by atoms with Gasteiger partial charge in [0.05, 0.1) is 19.1 Å². The Morgan fingerprint density at radius 2 is 2.20 bits per heavy atom. The van der Waals surface area contributed by atoms with Crippen molar-refractivity contribution in [1.82, 2.24) is 0 Å². The lowest BCUT2D eigenvalue weighted by Crippen LogP contribution is -2.37. The molecular formula is C14H16N2O4. The van der Waals surface area contributed by atoms with Crippen LogP contribution in [-0.4, -0.2) is 36.2 Å². The molecule has 1 aromatic carbocycles. The lowest BCUT2D eigenvalue weighted by molar-refractivity contribution is -0.131. The number of carboxylic acid groups (broad SMARTS) is 1. The number of benzene rings is 1. The molecule has 0 aromatic heterocycles. The molecule has 0 aliphatic carbocycles. The second kappa shape index (κ2) is 6.31. The number of aliphatic carboxylic acids is 1. The molecule has 2 atom stereocenters. The van der Waals surface area contributed by atoms with Gasteiger partial charge in [-0.2, -0.15) is 0 Å². The first-order valence-corrected chi connectivity index (χ1v) is 6.21. The highest BCUT2D eigenvalue weighted by atomic mass is 16.5. The van der Waals surface area contributed by atoms with Crippen LogP contribution < -0.4 is 11.1 Å². The zero-order valence-corrected chi connectivity index (χ0v) is 10.8. The quantitative estimate of drug-likeness (QED) is 0.702. The molecule has 1 saturated heterocycles. The van der Waals surface area contributed by atoms with Crippen LogP contribution in [0, 0.1) is 5.92 Å². The third-order valence-electron chi connectivity index (χ3n) is 3.03. The number of hydrogen-bond acceptors (Lipinski definition) is 4. The van der Waals surface area contributed by atoms with Gasteiger partial charge in [-0.05, 0) is 23.8 Å². The topological polar surface area (TPSA) is 102 Å². The molecule has 20 heavy (non-hydrogen) atoms. The molecule has 1 fully saturated rings. The van der Waals surface area contributed by atoms with E-state index in [9.17, 15) is 9.59 Å². The van der Waals surface area contributed by atoms with Gasteiger partial charge in [-0.25, -0.2) is 4.79 Å². The predicted molar refractivity (Wildman–Crippen MR) is 74.0 cm³/mol. The molecule has 1 aliphatic heterocycles. The third kappa shape index (κ3) is 3.66. The summed E-state index contributed by atoms with van der Waals surface area (Å²) < 4.78 is 5.15. The zero-order valence-electron chi connectivity index (χ0n) is 10.8. The predicted octanol–water partition coefficient (Wildman–Crippen LogP) is 0.697. The van der Waals surface area contributed by atoms with Gasteiger partial charge in [0.2, 0.25) is 5.91 Å². The molecular weight excluding hydrogens is 260 g/mol. The van der Waals surface area contributed by atoms with Crippen LogP contribution in [0.1, 0.15) is 5.56 Å². The second-order valence-corrected chi connectivity index (χ2v) is 4.59. The summed E-state index contributed by atoms with van der Waals surface area (Å²) in [4.78, 5) is 22.5. The minimum Gasteiger partial charge on any atom is -0.478 e. The summed E-state index contributed by atoms with van der Waals surface area (Å²) in [5.74, 6) is -1.56. The Hall–Kier alpha value is -2.18. The summed E-state index contributed by atoms with van der Waals surface area (Å²) in [7, 11) is 0. The number of nitrogens with one attached hydrogen (secondary N) is 1. The Morgan fingerprint density at radius 3 is 2.85 bits per heavy atom. The van der Waals surface area contributed by atoms with Crippen LogP contribution in [0.5, 0.6) is 0 Å². The fourth-order valence-corrected chi connectivity index (χ4v) is 1.96. The van der Waals surface area contributed by atoms with E-state index in [2.05, 4.69) is 5.32 Å². The average Bonchev–Trinajstić information content (AvgIpc) is 2.83. The maximum Gasteiger partial charge on any atom is 0.328 e. The molecule has 0 radical (unpaired) electrons. The molecule has 0 saturated carbocycles. The van der Waals surface area contributed by atoms with Crippen LogP contribution in [0.2, 0.25) is 0 Å². The van der Waals surface area contributed by atoms with Crippen molar-refractivity contribution in [2.75, 3.05) is 18.5 Å². The summed E-state index contributed by atoms with van der Waals surface area (Å²) in [5, 5.41) is 11.3. The summed E-state index contributed by atoms with van der Waals surface area (Å²) in [6, 6.07) is 6.63. The van der Waals surface area contributed by atoms with Crippen LogP contribution in [0.25, 0.3) is 6.08 Å². The van der Waals surface area contributed by atoms with E-state index < -0.39 is 5.97 Å². The highest BCUT2D eigenvalue weighted by Gasteiger charge is 2.31. The standard InChI is InChI=1S/C14H16N2O4/c15-12-8-20-7-11(12)14(19)16-10-3-1-2-9(6-10)4-5-13(17)18/h1-6,11-12H,7-8,15H2,(H,16,19)(H,17,18)/b5-4+. The van der Waals surface area contributed by atoms with Crippen molar-refractivity contribution in [3.05, 3.63) is 35.9 Å². The lowest BCUT2D eigenvalue weighted by Gasteiger charge is -2.13. The van der Waals surface area contributed by atoms with Gasteiger partial charge in [0.25, 0.3) is 0 Å². The number of carbonyl (C=O) groups is 2. The number of hydrogen-bond donors (Lipinski definition) is 3. The molecule has 2 unspecified atom stereocenters. The van der Waals surface area contributed by atoms with Crippen molar-refractivity contribution in [1.29, 1.82) is 0 Å². The van der Waals surface area contributed by atoms with Crippen LogP contribution in [0.3, 0.4) is 0 Å². The van der Waals surface area contributed by atoms with E-state index in [0.29, 0.717) is 24.5 Å². The first-order valence-electron chi connectivity index (χ1n) is 6.21. The third-order valence-corrected chi connectivity index (χ3v) is 3.03. The van der Waals surface area contributed by atoms with Gasteiger partial charge in [0.1, 0.15) is 0 Å². The van der Waals surface area contributed by atoms with Gasteiger partial charge < -0.3 is 20.9 Å². The number of carboxylic acids is 1. The Balaban J connectivity index is 2.04. The fourth-order valence-electron chi connectivity index (χ4n) is 1.96. The van der Waals surface area contributed by atoms with Crippen LogP contribution >= 0.6 is 0 Å². The molecule has 1 aromatic rings. The molecule has 4 N–H and O–H groups in total. The van der Waals surface area contributed by atoms with E-state index in [4.69, 9.17) is 15.6 Å². The largest absolute Gasteiger partial charge is 0.478 e. The van der Waals surface area contributed by atoms with Crippen molar-refractivity contribution in [3.63, 3.8) is 0 Å². The highest BCUT2D eigenvalue weighted by molar-refractivity contribution is 5.93. The van der Waals surface area contributed by atoms with Crippen LogP contribution in [0.4, 0.5) is 5.69 Å². The van der Waals surface area contributed by atoms with Crippen molar-refractivity contribution < 1.29 is 19.4 Å². The molecule has 106 valence electrons. The average molecular weight is 276 g/mol. The smallest absolute Gasteiger partial charge is 0.328 e. The van der Waals surface area contributed by atoms with Crippen molar-refractivity contribution in [2.24, 2.45) is 11.7 Å². The van der Waals surface area contributed by atoms with Gasteiger partial charge in [0, 0.05) is 17.8 Å². The second-order valence-electron chi connectivity index (χ2n) is 4.59. The molecule has 1 amide bonds. The Morgan fingerprint density at radius 1 is 1.40 bits per heavy atom. The lowest BCUT2D eigenvalue weighted by atomic mass is 10.0. The Bertz CT molecular complexity index is 542. The maximum atomic E-state index is 12.0. The van der Waals surface area contributed by atoms with Gasteiger partial charge in [-0.1, -0.05) is 12.1 Å². The maximum absolute atomic E-state index is 12.0. The number of anilines is 1. The first-order chi connectivity index (χ1) is 9.56. The highest BCUT2D eigenvalue weighted by Crippen LogP contribution is 2.17. The van der Waals surface area contributed by atoms with Crippen molar-refractivity contribution >= 4 is 23.6 Å². The minimum atomic E-state index is -1.02. The minimum absolute atomic E-state index is 0.186. The number of carbonyl (C=O) groups excluding carboxylic acids is 1.